The second-order valence-corrected chi connectivity index (χ2v) is 12.4. The number of hydrogen-bond donors (Lipinski definition) is 1. The maximum absolute atomic E-state index is 13.6. The van der Waals surface area contributed by atoms with Gasteiger partial charge in [-0.05, 0) is 74.3 Å². The number of benzene rings is 2. The molecule has 1 aliphatic rings. The molecule has 0 saturated carbocycles. The zero-order valence-electron chi connectivity index (χ0n) is 28.7. The highest BCUT2D eigenvalue weighted by Gasteiger charge is 2.26. The predicted molar refractivity (Wildman–Crippen MR) is 191 cm³/mol. The van der Waals surface area contributed by atoms with Crippen LogP contribution in [0.15, 0.2) is 85.2 Å². The van der Waals surface area contributed by atoms with Crippen molar-refractivity contribution >= 4 is 22.9 Å². The topological polar surface area (TPSA) is 107 Å². The van der Waals surface area contributed by atoms with Gasteiger partial charge in [-0.2, -0.15) is 0 Å². The maximum Gasteiger partial charge on any atom is 0.253 e. The fourth-order valence-electron chi connectivity index (χ4n) is 6.61. The summed E-state index contributed by atoms with van der Waals surface area (Å²) in [5.74, 6) is 2.19. The van der Waals surface area contributed by atoms with Crippen molar-refractivity contribution in [2.75, 3.05) is 59.9 Å². The van der Waals surface area contributed by atoms with Gasteiger partial charge in [0.1, 0.15) is 0 Å². The Hall–Kier alpha value is -5.16. The summed E-state index contributed by atoms with van der Waals surface area (Å²) >= 11 is 0. The zero-order chi connectivity index (χ0) is 34.2. The van der Waals surface area contributed by atoms with Crippen molar-refractivity contribution in [2.45, 2.75) is 37.8 Å². The fourth-order valence-corrected chi connectivity index (χ4v) is 6.61. The molecule has 0 radical (unpaired) electrons. The molecule has 1 fully saturated rings. The molecule has 1 N–H and O–H groups in total. The predicted octanol–water partition coefficient (Wildman–Crippen LogP) is 5.72. The third-order valence-electron chi connectivity index (χ3n) is 9.27. The van der Waals surface area contributed by atoms with Crippen LogP contribution in [-0.2, 0) is 6.54 Å². The third-order valence-corrected chi connectivity index (χ3v) is 9.27. The molecule has 11 nitrogen and oxygen atoms in total. The van der Waals surface area contributed by atoms with Gasteiger partial charge in [-0.15, -0.1) is 0 Å². The van der Waals surface area contributed by atoms with E-state index in [2.05, 4.69) is 55.1 Å². The van der Waals surface area contributed by atoms with Gasteiger partial charge in [0.25, 0.3) is 5.91 Å². The van der Waals surface area contributed by atoms with E-state index in [-0.39, 0.29) is 11.8 Å². The van der Waals surface area contributed by atoms with Crippen LogP contribution in [-0.4, -0.2) is 95.8 Å². The van der Waals surface area contributed by atoms with Gasteiger partial charge < -0.3 is 33.9 Å². The molecule has 1 atom stereocenters. The first-order valence-electron chi connectivity index (χ1n) is 16.8. The van der Waals surface area contributed by atoms with Crippen molar-refractivity contribution in [2.24, 2.45) is 0 Å². The van der Waals surface area contributed by atoms with E-state index in [4.69, 9.17) is 19.2 Å². The molecule has 0 bridgehead atoms. The number of carbonyl (C=O) groups is 1. The van der Waals surface area contributed by atoms with Gasteiger partial charge in [-0.3, -0.25) is 14.8 Å². The SMILES string of the molecule is COc1cc(C(=O)N(C)CC(CCN2CCC(Nc3nc4ccccc4n3Cc3ccccn3)CC2)c2ccccn2)cc(OC)c1OC. The number of aromatic nitrogens is 4. The second-order valence-electron chi connectivity index (χ2n) is 12.4. The van der Waals surface area contributed by atoms with Gasteiger partial charge in [0.05, 0.1) is 44.6 Å². The molecular weight excluding hydrogens is 618 g/mol. The van der Waals surface area contributed by atoms with Crippen molar-refractivity contribution in [3.05, 3.63) is 102 Å². The highest BCUT2D eigenvalue weighted by Crippen LogP contribution is 2.38. The number of nitrogens with zero attached hydrogens (tertiary/aromatic N) is 6. The quantitative estimate of drug-likeness (QED) is 0.160. The Balaban J connectivity index is 1.08. The van der Waals surface area contributed by atoms with Gasteiger partial charge in [-0.25, -0.2) is 4.98 Å². The van der Waals surface area contributed by atoms with Crippen LogP contribution in [0.3, 0.4) is 0 Å². The molecule has 2 aromatic carbocycles. The summed E-state index contributed by atoms with van der Waals surface area (Å²) < 4.78 is 18.7. The largest absolute Gasteiger partial charge is 0.493 e. The molecule has 3 aromatic heterocycles. The number of methoxy groups -OCH3 is 3. The number of anilines is 1. The van der Waals surface area contributed by atoms with Crippen molar-refractivity contribution in [3.63, 3.8) is 0 Å². The van der Waals surface area contributed by atoms with Crippen LogP contribution in [0.5, 0.6) is 17.2 Å². The van der Waals surface area contributed by atoms with E-state index < -0.39 is 0 Å². The third kappa shape index (κ3) is 7.94. The average Bonchev–Trinajstić information content (AvgIpc) is 3.49. The molecule has 256 valence electrons. The number of nitrogens with one attached hydrogen (secondary N) is 1. The van der Waals surface area contributed by atoms with Gasteiger partial charge in [0.15, 0.2) is 11.5 Å². The Bertz CT molecular complexity index is 1800. The minimum Gasteiger partial charge on any atom is -0.493 e. The van der Waals surface area contributed by atoms with Gasteiger partial charge in [0, 0.05) is 62.3 Å². The van der Waals surface area contributed by atoms with Crippen molar-refractivity contribution in [3.8, 4) is 17.2 Å². The number of hydrogen-bond acceptors (Lipinski definition) is 9. The van der Waals surface area contributed by atoms with E-state index in [9.17, 15) is 4.79 Å². The molecule has 1 aliphatic heterocycles. The van der Waals surface area contributed by atoms with Crippen molar-refractivity contribution < 1.29 is 19.0 Å². The van der Waals surface area contributed by atoms with Crippen LogP contribution in [0.2, 0.25) is 0 Å². The van der Waals surface area contributed by atoms with Crippen LogP contribution >= 0.6 is 0 Å². The fraction of sp³-hybridized carbons (Fsp3) is 0.368. The normalized spacial score (nSPS) is 14.4. The summed E-state index contributed by atoms with van der Waals surface area (Å²) in [5.41, 5.74) is 4.53. The highest BCUT2D eigenvalue weighted by atomic mass is 16.5. The summed E-state index contributed by atoms with van der Waals surface area (Å²) in [6, 6.07) is 24.0. The van der Waals surface area contributed by atoms with Gasteiger partial charge in [0.2, 0.25) is 11.7 Å². The Labute approximate surface area is 287 Å². The van der Waals surface area contributed by atoms with E-state index in [0.717, 1.165) is 67.3 Å². The Morgan fingerprint density at radius 3 is 2.27 bits per heavy atom. The highest BCUT2D eigenvalue weighted by molar-refractivity contribution is 5.95. The molecule has 5 aromatic rings. The smallest absolute Gasteiger partial charge is 0.253 e. The number of para-hydroxylation sites is 2. The van der Waals surface area contributed by atoms with E-state index in [0.29, 0.717) is 41.9 Å². The lowest BCUT2D eigenvalue weighted by molar-refractivity contribution is 0.0780. The van der Waals surface area contributed by atoms with Crippen LogP contribution in [0.4, 0.5) is 5.95 Å². The van der Waals surface area contributed by atoms with Crippen LogP contribution in [0.1, 0.15) is 46.9 Å². The minimum atomic E-state index is -0.124. The Morgan fingerprint density at radius 1 is 0.918 bits per heavy atom. The summed E-state index contributed by atoms with van der Waals surface area (Å²) in [6.45, 7) is 4.06. The first-order valence-corrected chi connectivity index (χ1v) is 16.8. The monoisotopic (exact) mass is 663 g/mol. The molecule has 1 unspecified atom stereocenters. The number of amides is 1. The number of imidazole rings is 1. The lowest BCUT2D eigenvalue weighted by atomic mass is 9.98. The number of piperidine rings is 1. The Kier molecular flexibility index (Phi) is 10.9. The van der Waals surface area contributed by atoms with Crippen LogP contribution in [0.25, 0.3) is 11.0 Å². The van der Waals surface area contributed by atoms with Crippen LogP contribution < -0.4 is 19.5 Å². The molecule has 6 rings (SSSR count). The molecular formula is C38H45N7O4. The molecule has 11 heteroatoms. The first-order chi connectivity index (χ1) is 24.0. The zero-order valence-corrected chi connectivity index (χ0v) is 28.7. The standard InChI is InChI=1S/C38H45N7O4/c1-43(37(46)28-23-34(47-2)36(49-4)35(24-28)48-3)25-27(31-12-8-10-19-40-31)15-20-44-21-16-29(17-22-44)41-38-42-32-13-5-6-14-33(32)45(38)26-30-11-7-9-18-39-30/h5-14,18-19,23-24,27,29H,15-17,20-22,25-26H2,1-4H3,(H,41,42). The lowest BCUT2D eigenvalue weighted by Crippen LogP contribution is -2.41. The maximum atomic E-state index is 13.6. The van der Waals surface area contributed by atoms with E-state index in [1.807, 2.05) is 49.8 Å². The number of likely N-dealkylation sites (N-methyl/N-ethyl adjacent to an activating group) is 1. The summed E-state index contributed by atoms with van der Waals surface area (Å²) in [4.78, 5) is 32.1. The summed E-state index contributed by atoms with van der Waals surface area (Å²) in [6.07, 6.45) is 6.56. The number of fused-ring (bicyclic) bond motifs is 1. The number of likely N-dealkylation sites (tertiary alicyclic amines) is 1. The molecule has 1 saturated heterocycles. The second kappa shape index (κ2) is 15.8. The Morgan fingerprint density at radius 2 is 1.61 bits per heavy atom. The molecule has 0 aliphatic carbocycles. The van der Waals surface area contributed by atoms with Crippen molar-refractivity contribution in [1.82, 2.24) is 29.3 Å². The minimum absolute atomic E-state index is 0.0690. The number of pyridine rings is 2. The van der Waals surface area contributed by atoms with Gasteiger partial charge in [-0.1, -0.05) is 24.3 Å². The average molecular weight is 664 g/mol. The lowest BCUT2D eigenvalue weighted by Gasteiger charge is -2.34. The number of ether oxygens (including phenoxy) is 3. The molecule has 1 amide bonds. The first kappa shape index (κ1) is 33.7. The van der Waals surface area contributed by atoms with Gasteiger partial charge >= 0.3 is 0 Å². The van der Waals surface area contributed by atoms with E-state index in [1.165, 1.54) is 0 Å². The van der Waals surface area contributed by atoms with Crippen molar-refractivity contribution in [1.29, 1.82) is 0 Å². The summed E-state index contributed by atoms with van der Waals surface area (Å²) in [5, 5.41) is 3.77. The number of carbonyl (C=O) groups excluding carboxylic acids is 1. The van der Waals surface area contributed by atoms with E-state index in [1.54, 1.807) is 38.4 Å². The number of rotatable bonds is 14. The summed E-state index contributed by atoms with van der Waals surface area (Å²) in [7, 11) is 6.48. The van der Waals surface area contributed by atoms with E-state index >= 15 is 0 Å². The molecule has 0 spiro atoms. The molecule has 4 heterocycles. The molecule has 49 heavy (non-hydrogen) atoms. The van der Waals surface area contributed by atoms with Crippen LogP contribution in [0, 0.1) is 0 Å².